The fraction of sp³-hybridized carbons (Fsp3) is 0.462. The summed E-state index contributed by atoms with van der Waals surface area (Å²) in [6, 6.07) is 4.07. The van der Waals surface area contributed by atoms with Crippen molar-refractivity contribution in [3.63, 3.8) is 0 Å². The Labute approximate surface area is 119 Å². The maximum absolute atomic E-state index is 13.4. The summed E-state index contributed by atoms with van der Waals surface area (Å²) < 4.78 is 45.0. The molecule has 1 unspecified atom stereocenters. The molecule has 0 bridgehead atoms. The fourth-order valence-electron chi connectivity index (χ4n) is 2.37. The highest BCUT2D eigenvalue weighted by atomic mass is 35.5. The average molecular weight is 308 g/mol. The van der Waals surface area contributed by atoms with E-state index in [4.69, 9.17) is 16.3 Å². The molecule has 0 spiro atoms. The second-order valence-corrected chi connectivity index (χ2v) is 5.12. The third-order valence-corrected chi connectivity index (χ3v) is 3.77. The lowest BCUT2D eigenvalue weighted by Gasteiger charge is -2.29. The number of benzene rings is 1. The number of nitrogens with one attached hydrogen (secondary N) is 1. The SMILES string of the molecule is COc1ccc(Cl)cc1C(=O)C1(C(F)(F)F)CCNC1. The number of ether oxygens (including phenoxy) is 1. The van der Waals surface area contributed by atoms with Gasteiger partial charge in [-0.05, 0) is 31.2 Å². The molecule has 0 amide bonds. The van der Waals surface area contributed by atoms with E-state index in [1.54, 1.807) is 0 Å². The molecule has 110 valence electrons. The molecule has 1 aromatic rings. The number of Topliss-reactive ketones (excluding diaryl/α,β-unsaturated/α-hetero) is 1. The van der Waals surface area contributed by atoms with E-state index in [0.717, 1.165) is 0 Å². The molecule has 7 heteroatoms. The Hall–Kier alpha value is -1.27. The van der Waals surface area contributed by atoms with E-state index in [1.165, 1.54) is 25.3 Å². The molecule has 0 saturated carbocycles. The topological polar surface area (TPSA) is 38.3 Å². The number of carbonyl (C=O) groups is 1. The first kappa shape index (κ1) is 15.1. The Bertz CT molecular complexity index is 525. The Kier molecular flexibility index (Phi) is 3.97. The molecule has 1 N–H and O–H groups in total. The summed E-state index contributed by atoms with van der Waals surface area (Å²) in [7, 11) is 1.30. The van der Waals surface area contributed by atoms with Crippen LogP contribution in [0.3, 0.4) is 0 Å². The molecule has 1 atom stereocenters. The summed E-state index contributed by atoms with van der Waals surface area (Å²) in [6.45, 7) is -0.279. The summed E-state index contributed by atoms with van der Waals surface area (Å²) in [6.07, 6.45) is -4.91. The van der Waals surface area contributed by atoms with Crippen LogP contribution in [0.5, 0.6) is 5.75 Å². The van der Waals surface area contributed by atoms with Gasteiger partial charge in [0.25, 0.3) is 0 Å². The van der Waals surface area contributed by atoms with Crippen LogP contribution >= 0.6 is 11.6 Å². The van der Waals surface area contributed by atoms with E-state index in [0.29, 0.717) is 0 Å². The highest BCUT2D eigenvalue weighted by molar-refractivity contribution is 6.31. The van der Waals surface area contributed by atoms with Gasteiger partial charge in [0, 0.05) is 11.6 Å². The van der Waals surface area contributed by atoms with Crippen LogP contribution in [0, 0.1) is 5.41 Å². The molecule has 1 fully saturated rings. The molecule has 20 heavy (non-hydrogen) atoms. The van der Waals surface area contributed by atoms with Crippen LogP contribution in [0.15, 0.2) is 18.2 Å². The molecule has 2 rings (SSSR count). The van der Waals surface area contributed by atoms with Gasteiger partial charge in [-0.3, -0.25) is 4.79 Å². The van der Waals surface area contributed by atoms with Crippen LogP contribution in [0.1, 0.15) is 16.8 Å². The third kappa shape index (κ3) is 2.38. The number of ketones is 1. The monoisotopic (exact) mass is 307 g/mol. The lowest BCUT2D eigenvalue weighted by Crippen LogP contribution is -2.46. The number of hydrogen-bond acceptors (Lipinski definition) is 3. The predicted molar refractivity (Wildman–Crippen MR) is 68.3 cm³/mol. The molecule has 1 aromatic carbocycles. The zero-order chi connectivity index (χ0) is 15.0. The van der Waals surface area contributed by atoms with Gasteiger partial charge in [0.15, 0.2) is 5.78 Å². The van der Waals surface area contributed by atoms with Crippen molar-refractivity contribution in [2.45, 2.75) is 12.6 Å². The van der Waals surface area contributed by atoms with E-state index in [-0.39, 0.29) is 29.3 Å². The van der Waals surface area contributed by atoms with Crippen molar-refractivity contribution in [3.05, 3.63) is 28.8 Å². The number of hydrogen-bond donors (Lipinski definition) is 1. The second kappa shape index (κ2) is 5.26. The summed E-state index contributed by atoms with van der Waals surface area (Å²) >= 11 is 5.78. The Morgan fingerprint density at radius 3 is 2.65 bits per heavy atom. The minimum Gasteiger partial charge on any atom is -0.496 e. The summed E-state index contributed by atoms with van der Waals surface area (Å²) in [5.74, 6) is -0.913. The predicted octanol–water partition coefficient (Wildman–Crippen LogP) is 3.07. The summed E-state index contributed by atoms with van der Waals surface area (Å²) in [5.41, 5.74) is -2.55. The molecule has 1 saturated heterocycles. The first-order chi connectivity index (χ1) is 9.32. The van der Waals surface area contributed by atoms with Crippen molar-refractivity contribution in [1.82, 2.24) is 5.32 Å². The quantitative estimate of drug-likeness (QED) is 0.872. The molecule has 3 nitrogen and oxygen atoms in total. The van der Waals surface area contributed by atoms with Gasteiger partial charge < -0.3 is 10.1 Å². The van der Waals surface area contributed by atoms with Gasteiger partial charge in [-0.2, -0.15) is 13.2 Å². The zero-order valence-electron chi connectivity index (χ0n) is 10.7. The Balaban J connectivity index is 2.51. The van der Waals surface area contributed by atoms with E-state index in [1.807, 2.05) is 0 Å². The van der Waals surface area contributed by atoms with Gasteiger partial charge >= 0.3 is 6.18 Å². The smallest absolute Gasteiger partial charge is 0.402 e. The molecule has 1 aliphatic rings. The fourth-order valence-corrected chi connectivity index (χ4v) is 2.54. The lowest BCUT2D eigenvalue weighted by atomic mass is 9.78. The van der Waals surface area contributed by atoms with Gasteiger partial charge in [-0.25, -0.2) is 0 Å². The van der Waals surface area contributed by atoms with E-state index < -0.39 is 23.9 Å². The second-order valence-electron chi connectivity index (χ2n) is 4.68. The maximum Gasteiger partial charge on any atom is 0.402 e. The van der Waals surface area contributed by atoms with Crippen LogP contribution < -0.4 is 10.1 Å². The van der Waals surface area contributed by atoms with Crippen molar-refractivity contribution in [3.8, 4) is 5.75 Å². The number of rotatable bonds is 3. The van der Waals surface area contributed by atoms with E-state index in [9.17, 15) is 18.0 Å². The van der Waals surface area contributed by atoms with E-state index >= 15 is 0 Å². The number of alkyl halides is 3. The first-order valence-corrected chi connectivity index (χ1v) is 6.35. The lowest BCUT2D eigenvalue weighted by molar-refractivity contribution is -0.197. The maximum atomic E-state index is 13.4. The Morgan fingerprint density at radius 1 is 1.45 bits per heavy atom. The Morgan fingerprint density at radius 2 is 2.15 bits per heavy atom. The van der Waals surface area contributed by atoms with Crippen LogP contribution in [-0.2, 0) is 0 Å². The molecular weight excluding hydrogens is 295 g/mol. The number of halogens is 4. The minimum atomic E-state index is -4.62. The molecule has 1 aliphatic heterocycles. The number of carbonyl (C=O) groups excluding carboxylic acids is 1. The highest BCUT2D eigenvalue weighted by Gasteiger charge is 2.61. The molecule has 1 heterocycles. The molecule has 0 radical (unpaired) electrons. The van der Waals surface area contributed by atoms with Crippen LogP contribution in [0.4, 0.5) is 13.2 Å². The standard InChI is InChI=1S/C13H13ClF3NO2/c1-20-10-3-2-8(14)6-9(10)11(19)12(13(15,16)17)4-5-18-7-12/h2-3,6,18H,4-5,7H2,1H3. The third-order valence-electron chi connectivity index (χ3n) is 3.54. The first-order valence-electron chi connectivity index (χ1n) is 5.97. The largest absolute Gasteiger partial charge is 0.496 e. The van der Waals surface area contributed by atoms with Crippen LogP contribution in [0.2, 0.25) is 5.02 Å². The molecule has 0 aromatic heterocycles. The number of methoxy groups -OCH3 is 1. The molecular formula is C13H13ClF3NO2. The van der Waals surface area contributed by atoms with Gasteiger partial charge in [-0.1, -0.05) is 11.6 Å². The van der Waals surface area contributed by atoms with Crippen LogP contribution in [-0.4, -0.2) is 32.2 Å². The average Bonchev–Trinajstić information content (AvgIpc) is 2.88. The highest BCUT2D eigenvalue weighted by Crippen LogP contribution is 2.46. The minimum absolute atomic E-state index is 0.0925. The van der Waals surface area contributed by atoms with Gasteiger partial charge in [-0.15, -0.1) is 0 Å². The zero-order valence-corrected chi connectivity index (χ0v) is 11.4. The van der Waals surface area contributed by atoms with Crippen molar-refractivity contribution >= 4 is 17.4 Å². The summed E-state index contributed by atoms with van der Waals surface area (Å²) in [4.78, 5) is 12.4. The van der Waals surface area contributed by atoms with Gasteiger partial charge in [0.1, 0.15) is 11.2 Å². The molecule has 0 aliphatic carbocycles. The summed E-state index contributed by atoms with van der Waals surface area (Å²) in [5, 5.41) is 2.80. The van der Waals surface area contributed by atoms with Crippen LogP contribution in [0.25, 0.3) is 0 Å². The van der Waals surface area contributed by atoms with Crippen molar-refractivity contribution in [2.75, 3.05) is 20.2 Å². The van der Waals surface area contributed by atoms with Crippen molar-refractivity contribution < 1.29 is 22.7 Å². The van der Waals surface area contributed by atoms with Gasteiger partial charge in [0.2, 0.25) is 0 Å². The normalized spacial score (nSPS) is 22.9. The van der Waals surface area contributed by atoms with Crippen molar-refractivity contribution in [2.24, 2.45) is 5.41 Å². The van der Waals surface area contributed by atoms with Gasteiger partial charge in [0.05, 0.1) is 12.7 Å². The van der Waals surface area contributed by atoms with Crippen molar-refractivity contribution in [1.29, 1.82) is 0 Å². The van der Waals surface area contributed by atoms with E-state index in [2.05, 4.69) is 5.32 Å².